The number of thiophene rings is 1. The van der Waals surface area contributed by atoms with Gasteiger partial charge in [-0.1, -0.05) is 28.9 Å². The molecule has 0 radical (unpaired) electrons. The van der Waals surface area contributed by atoms with Crippen LogP contribution in [0, 0.1) is 18.3 Å². The van der Waals surface area contributed by atoms with Crippen LogP contribution in [0.3, 0.4) is 0 Å². The van der Waals surface area contributed by atoms with E-state index in [1.807, 2.05) is 6.07 Å². The predicted octanol–water partition coefficient (Wildman–Crippen LogP) is 4.50. The van der Waals surface area contributed by atoms with Crippen molar-refractivity contribution in [1.29, 1.82) is 5.26 Å². The Morgan fingerprint density at radius 1 is 1.44 bits per heavy atom. The van der Waals surface area contributed by atoms with E-state index in [1.54, 1.807) is 0 Å². The van der Waals surface area contributed by atoms with Crippen molar-refractivity contribution in [3.05, 3.63) is 38.7 Å². The number of aryl methyl sites for hydroxylation is 1. The van der Waals surface area contributed by atoms with Crippen molar-refractivity contribution in [3.8, 4) is 16.5 Å². The van der Waals surface area contributed by atoms with Crippen LogP contribution in [-0.4, -0.2) is 0 Å². The van der Waals surface area contributed by atoms with Gasteiger partial charge in [-0.2, -0.15) is 5.26 Å². The van der Waals surface area contributed by atoms with Gasteiger partial charge in [0.15, 0.2) is 0 Å². The second-order valence-corrected chi connectivity index (χ2v) is 6.01. The fraction of sp³-hybridized carbons (Fsp3) is 0.214. The molecule has 0 bridgehead atoms. The molecule has 0 unspecified atom stereocenters. The molecule has 0 saturated heterocycles. The number of nitrogens with zero attached hydrogens (tertiary/aromatic N) is 1. The monoisotopic (exact) mass is 320 g/mol. The molecule has 0 atom stereocenters. The first-order valence-corrected chi connectivity index (χ1v) is 7.27. The third kappa shape index (κ3) is 2.16. The zero-order chi connectivity index (χ0) is 13.3. The molecule has 1 aromatic heterocycles. The minimum absolute atomic E-state index is 0.615. The SMILES string of the molecule is CCc1c(-c2ccc(Br)cc2C)sc(C#N)c1N. The van der Waals surface area contributed by atoms with Gasteiger partial charge in [0.1, 0.15) is 10.9 Å². The Morgan fingerprint density at radius 2 is 2.17 bits per heavy atom. The van der Waals surface area contributed by atoms with Crippen molar-refractivity contribution >= 4 is 33.0 Å². The summed E-state index contributed by atoms with van der Waals surface area (Å²) in [5, 5.41) is 9.08. The van der Waals surface area contributed by atoms with E-state index < -0.39 is 0 Å². The van der Waals surface area contributed by atoms with Crippen LogP contribution in [0.25, 0.3) is 10.4 Å². The molecule has 0 amide bonds. The molecule has 1 heterocycles. The number of nitriles is 1. The smallest absolute Gasteiger partial charge is 0.128 e. The summed E-state index contributed by atoms with van der Waals surface area (Å²) < 4.78 is 1.06. The highest BCUT2D eigenvalue weighted by Gasteiger charge is 2.16. The summed E-state index contributed by atoms with van der Waals surface area (Å²) in [7, 11) is 0. The lowest BCUT2D eigenvalue weighted by atomic mass is 10.0. The van der Waals surface area contributed by atoms with Gasteiger partial charge in [0.25, 0.3) is 0 Å². The molecule has 1 aromatic carbocycles. The van der Waals surface area contributed by atoms with Gasteiger partial charge in [-0.15, -0.1) is 11.3 Å². The van der Waals surface area contributed by atoms with Crippen molar-refractivity contribution in [1.82, 2.24) is 0 Å². The Labute approximate surface area is 119 Å². The summed E-state index contributed by atoms with van der Waals surface area (Å²) in [6.45, 7) is 4.14. The van der Waals surface area contributed by atoms with E-state index >= 15 is 0 Å². The van der Waals surface area contributed by atoms with Crippen LogP contribution < -0.4 is 5.73 Å². The lowest BCUT2D eigenvalue weighted by Gasteiger charge is -2.07. The Morgan fingerprint density at radius 3 is 2.72 bits per heavy atom. The molecule has 0 aliphatic heterocycles. The fourth-order valence-corrected chi connectivity index (χ4v) is 3.69. The Hall–Kier alpha value is -1.31. The van der Waals surface area contributed by atoms with Crippen molar-refractivity contribution in [2.24, 2.45) is 0 Å². The molecule has 18 heavy (non-hydrogen) atoms. The number of anilines is 1. The van der Waals surface area contributed by atoms with Gasteiger partial charge in [0, 0.05) is 9.35 Å². The maximum absolute atomic E-state index is 9.08. The zero-order valence-electron chi connectivity index (χ0n) is 10.2. The normalized spacial score (nSPS) is 10.3. The summed E-state index contributed by atoms with van der Waals surface area (Å²) >= 11 is 4.95. The summed E-state index contributed by atoms with van der Waals surface area (Å²) in [6.07, 6.45) is 0.842. The van der Waals surface area contributed by atoms with Crippen LogP contribution in [0.15, 0.2) is 22.7 Å². The standard InChI is InChI=1S/C14H13BrN2S/c1-3-10-13(17)12(7-16)18-14(10)11-5-4-9(15)6-8(11)2/h4-6H,3,17H2,1-2H3. The molecule has 0 saturated carbocycles. The molecule has 0 spiro atoms. The number of nitrogen functional groups attached to an aromatic ring is 1. The Balaban J connectivity index is 2.68. The van der Waals surface area contributed by atoms with Crippen LogP contribution in [0.5, 0.6) is 0 Å². The minimum atomic E-state index is 0.615. The first kappa shape index (κ1) is 13.1. The number of benzene rings is 1. The van der Waals surface area contributed by atoms with Crippen LogP contribution in [0.2, 0.25) is 0 Å². The predicted molar refractivity (Wildman–Crippen MR) is 80.7 cm³/mol. The van der Waals surface area contributed by atoms with E-state index in [-0.39, 0.29) is 0 Å². The van der Waals surface area contributed by atoms with Crippen LogP contribution >= 0.6 is 27.3 Å². The number of rotatable bonds is 2. The highest BCUT2D eigenvalue weighted by Crippen LogP contribution is 2.40. The van der Waals surface area contributed by atoms with Crippen LogP contribution in [-0.2, 0) is 6.42 Å². The molecular formula is C14H13BrN2S. The van der Waals surface area contributed by atoms with Crippen molar-refractivity contribution in [2.45, 2.75) is 20.3 Å². The van der Waals surface area contributed by atoms with E-state index in [9.17, 15) is 0 Å². The van der Waals surface area contributed by atoms with Crippen LogP contribution in [0.1, 0.15) is 22.9 Å². The van der Waals surface area contributed by atoms with Gasteiger partial charge in [0.05, 0.1) is 5.69 Å². The van der Waals surface area contributed by atoms with Gasteiger partial charge in [0.2, 0.25) is 0 Å². The number of hydrogen-bond donors (Lipinski definition) is 1. The van der Waals surface area contributed by atoms with E-state index in [0.29, 0.717) is 10.6 Å². The second-order valence-electron chi connectivity index (χ2n) is 4.08. The number of hydrogen-bond acceptors (Lipinski definition) is 3. The molecule has 0 aliphatic carbocycles. The van der Waals surface area contributed by atoms with Crippen molar-refractivity contribution < 1.29 is 0 Å². The van der Waals surface area contributed by atoms with Gasteiger partial charge in [-0.05, 0) is 42.2 Å². The molecule has 4 heteroatoms. The second kappa shape index (κ2) is 5.13. The molecule has 2 aromatic rings. The van der Waals surface area contributed by atoms with Gasteiger partial charge in [-0.3, -0.25) is 0 Å². The largest absolute Gasteiger partial charge is 0.397 e. The van der Waals surface area contributed by atoms with E-state index in [2.05, 4.69) is 48.0 Å². The first-order valence-electron chi connectivity index (χ1n) is 5.66. The van der Waals surface area contributed by atoms with E-state index in [1.165, 1.54) is 16.9 Å². The van der Waals surface area contributed by atoms with Gasteiger partial charge >= 0.3 is 0 Å². The summed E-state index contributed by atoms with van der Waals surface area (Å²) in [5.74, 6) is 0. The molecule has 92 valence electrons. The number of nitrogens with two attached hydrogens (primary N) is 1. The maximum atomic E-state index is 9.08. The minimum Gasteiger partial charge on any atom is -0.397 e. The highest BCUT2D eigenvalue weighted by molar-refractivity contribution is 9.10. The first-order chi connectivity index (χ1) is 8.58. The summed E-state index contributed by atoms with van der Waals surface area (Å²) in [5.41, 5.74) is 10.1. The van der Waals surface area contributed by atoms with Crippen molar-refractivity contribution in [3.63, 3.8) is 0 Å². The molecule has 2 N–H and O–H groups in total. The number of halogens is 1. The Bertz CT molecular complexity index is 638. The third-order valence-corrected chi connectivity index (χ3v) is 4.62. The van der Waals surface area contributed by atoms with Crippen molar-refractivity contribution in [2.75, 3.05) is 5.73 Å². The zero-order valence-corrected chi connectivity index (χ0v) is 12.7. The maximum Gasteiger partial charge on any atom is 0.128 e. The van der Waals surface area contributed by atoms with Gasteiger partial charge < -0.3 is 5.73 Å². The lowest BCUT2D eigenvalue weighted by Crippen LogP contribution is -1.92. The molecule has 0 fully saturated rings. The third-order valence-electron chi connectivity index (χ3n) is 2.94. The van der Waals surface area contributed by atoms with E-state index in [0.717, 1.165) is 26.9 Å². The molecule has 2 nitrogen and oxygen atoms in total. The molecular weight excluding hydrogens is 308 g/mol. The summed E-state index contributed by atoms with van der Waals surface area (Å²) in [4.78, 5) is 1.74. The van der Waals surface area contributed by atoms with E-state index in [4.69, 9.17) is 11.0 Å². The topological polar surface area (TPSA) is 49.8 Å². The van der Waals surface area contributed by atoms with Crippen LogP contribution in [0.4, 0.5) is 5.69 Å². The van der Waals surface area contributed by atoms with Gasteiger partial charge in [-0.25, -0.2) is 0 Å². The molecule has 2 rings (SSSR count). The lowest BCUT2D eigenvalue weighted by molar-refractivity contribution is 1.16. The summed E-state index contributed by atoms with van der Waals surface area (Å²) in [6, 6.07) is 8.35. The molecule has 0 aliphatic rings. The average molecular weight is 321 g/mol. The highest BCUT2D eigenvalue weighted by atomic mass is 79.9. The quantitative estimate of drug-likeness (QED) is 0.885. The Kier molecular flexibility index (Phi) is 3.74. The average Bonchev–Trinajstić information content (AvgIpc) is 2.65. The fourth-order valence-electron chi connectivity index (χ4n) is 2.01.